The van der Waals surface area contributed by atoms with Crippen LogP contribution < -0.4 is 0 Å². The molecular formula is C27H31FNO5P. The Morgan fingerprint density at radius 1 is 1.09 bits per heavy atom. The third-order valence-corrected chi connectivity index (χ3v) is 8.41. The fourth-order valence-electron chi connectivity index (χ4n) is 4.10. The van der Waals surface area contributed by atoms with E-state index in [1.807, 2.05) is 50.2 Å². The van der Waals surface area contributed by atoms with E-state index in [0.717, 1.165) is 33.6 Å². The molecule has 2 N–H and O–H groups in total. The highest BCUT2D eigenvalue weighted by Crippen LogP contribution is 2.48. The Morgan fingerprint density at radius 2 is 1.74 bits per heavy atom. The molecule has 0 saturated heterocycles. The number of halogens is 1. The van der Waals surface area contributed by atoms with Gasteiger partial charge in [0.2, 0.25) is 7.37 Å². The van der Waals surface area contributed by atoms with Gasteiger partial charge in [0.05, 0.1) is 24.4 Å². The Kier molecular flexibility index (Phi) is 8.95. The smallest absolute Gasteiger partial charge is 0.305 e. The number of carboxylic acid groups (broad SMARTS) is 1. The fraction of sp³-hybridized carbons (Fsp3) is 0.333. The van der Waals surface area contributed by atoms with Crippen LogP contribution in [0, 0.1) is 5.82 Å². The molecular weight excluding hydrogens is 468 g/mol. The number of hydrogen-bond acceptors (Lipinski definition) is 5. The monoisotopic (exact) mass is 499 g/mol. The highest BCUT2D eigenvalue weighted by Gasteiger charge is 2.28. The van der Waals surface area contributed by atoms with Crippen molar-refractivity contribution in [2.75, 3.05) is 19.4 Å². The quantitative estimate of drug-likeness (QED) is 0.315. The summed E-state index contributed by atoms with van der Waals surface area (Å²) in [6.07, 6.45) is -1.56. The van der Waals surface area contributed by atoms with Crippen LogP contribution in [-0.4, -0.2) is 46.7 Å². The van der Waals surface area contributed by atoms with Gasteiger partial charge in [0.15, 0.2) is 0 Å². The maximum absolute atomic E-state index is 13.7. The number of hydrogen-bond donors (Lipinski definition) is 2. The van der Waals surface area contributed by atoms with Crippen LogP contribution in [0.1, 0.15) is 37.4 Å². The molecule has 0 aliphatic heterocycles. The number of benzene rings is 2. The van der Waals surface area contributed by atoms with Crippen LogP contribution in [0.3, 0.4) is 0 Å². The van der Waals surface area contributed by atoms with E-state index < -0.39 is 25.9 Å². The average molecular weight is 500 g/mol. The molecule has 186 valence electrons. The van der Waals surface area contributed by atoms with E-state index in [2.05, 4.69) is 0 Å². The zero-order chi connectivity index (χ0) is 25.6. The molecule has 0 bridgehead atoms. The normalized spacial score (nSPS) is 14.0. The van der Waals surface area contributed by atoms with Gasteiger partial charge in [-0.25, -0.2) is 4.39 Å². The van der Waals surface area contributed by atoms with E-state index in [4.69, 9.17) is 14.6 Å². The largest absolute Gasteiger partial charge is 0.481 e. The summed E-state index contributed by atoms with van der Waals surface area (Å²) in [6, 6.07) is 17.9. The van der Waals surface area contributed by atoms with E-state index in [1.165, 1.54) is 19.2 Å². The van der Waals surface area contributed by atoms with E-state index in [-0.39, 0.29) is 24.1 Å². The molecule has 2 atom stereocenters. The standard InChI is InChI=1S/C27H31FNO5P/c1-18(2)27-23(13-14-35(33,34-3)17-22(30)15-26(31)32)24(19-9-11-21(28)12-10-19)16-25(29-27)20-7-5-4-6-8-20/h4-12,16,18,22,30H,13-15,17H2,1-3H3,(H,31,32). The minimum absolute atomic E-state index is 0.0485. The Hall–Kier alpha value is -2.86. The zero-order valence-corrected chi connectivity index (χ0v) is 21.0. The minimum atomic E-state index is -3.32. The first-order chi connectivity index (χ1) is 16.6. The molecule has 0 aliphatic carbocycles. The van der Waals surface area contributed by atoms with Crippen LogP contribution >= 0.6 is 7.37 Å². The summed E-state index contributed by atoms with van der Waals surface area (Å²) in [7, 11) is -2.00. The number of pyridine rings is 1. The Balaban J connectivity index is 2.07. The van der Waals surface area contributed by atoms with Gasteiger partial charge in [-0.2, -0.15) is 0 Å². The highest BCUT2D eigenvalue weighted by molar-refractivity contribution is 7.59. The van der Waals surface area contributed by atoms with Crippen molar-refractivity contribution in [2.45, 2.75) is 38.7 Å². The van der Waals surface area contributed by atoms with Crippen molar-refractivity contribution in [2.24, 2.45) is 0 Å². The molecule has 3 aromatic rings. The Morgan fingerprint density at radius 3 is 2.31 bits per heavy atom. The first-order valence-corrected chi connectivity index (χ1v) is 13.5. The van der Waals surface area contributed by atoms with Gasteiger partial charge in [-0.3, -0.25) is 14.3 Å². The van der Waals surface area contributed by atoms with Crippen molar-refractivity contribution in [1.29, 1.82) is 0 Å². The van der Waals surface area contributed by atoms with Gasteiger partial charge in [-0.1, -0.05) is 56.3 Å². The predicted molar refractivity (Wildman–Crippen MR) is 135 cm³/mol. The average Bonchev–Trinajstić information content (AvgIpc) is 2.82. The van der Waals surface area contributed by atoms with Crippen molar-refractivity contribution < 1.29 is 28.5 Å². The third-order valence-electron chi connectivity index (χ3n) is 5.86. The number of nitrogens with zero attached hydrogens (tertiary/aromatic N) is 1. The second-order valence-corrected chi connectivity index (χ2v) is 11.7. The summed E-state index contributed by atoms with van der Waals surface area (Å²) >= 11 is 0. The second-order valence-electron chi connectivity index (χ2n) is 8.85. The summed E-state index contributed by atoms with van der Waals surface area (Å²) in [5.74, 6) is -1.46. The number of aliphatic hydroxyl groups excluding tert-OH is 1. The number of carboxylic acids is 1. The van der Waals surface area contributed by atoms with Crippen LogP contribution in [0.4, 0.5) is 4.39 Å². The minimum Gasteiger partial charge on any atom is -0.481 e. The van der Waals surface area contributed by atoms with Crippen molar-refractivity contribution in [3.8, 4) is 22.4 Å². The lowest BCUT2D eigenvalue weighted by Crippen LogP contribution is -2.19. The summed E-state index contributed by atoms with van der Waals surface area (Å²) < 4.78 is 32.3. The van der Waals surface area contributed by atoms with Gasteiger partial charge >= 0.3 is 5.97 Å². The van der Waals surface area contributed by atoms with Crippen molar-refractivity contribution in [3.05, 3.63) is 77.7 Å². The molecule has 1 aromatic heterocycles. The van der Waals surface area contributed by atoms with Gasteiger partial charge in [-0.05, 0) is 47.2 Å². The second kappa shape index (κ2) is 11.7. The number of aromatic nitrogens is 1. The van der Waals surface area contributed by atoms with E-state index >= 15 is 0 Å². The number of carbonyl (C=O) groups is 1. The van der Waals surface area contributed by atoms with Gasteiger partial charge in [0, 0.05) is 24.5 Å². The Bertz CT molecular complexity index is 1200. The lowest BCUT2D eigenvalue weighted by atomic mass is 9.91. The first kappa shape index (κ1) is 26.7. The molecule has 35 heavy (non-hydrogen) atoms. The van der Waals surface area contributed by atoms with Crippen LogP contribution in [0.5, 0.6) is 0 Å². The first-order valence-electron chi connectivity index (χ1n) is 11.5. The zero-order valence-electron chi connectivity index (χ0n) is 20.1. The van der Waals surface area contributed by atoms with E-state index in [1.54, 1.807) is 12.1 Å². The maximum Gasteiger partial charge on any atom is 0.305 e. The van der Waals surface area contributed by atoms with Crippen LogP contribution in [-0.2, 0) is 20.3 Å². The SMILES string of the molecule is COP(=O)(CCc1c(-c2ccc(F)cc2)cc(-c2ccccc2)nc1C(C)C)CC(O)CC(=O)O. The number of aliphatic carboxylic acids is 1. The summed E-state index contributed by atoms with van der Waals surface area (Å²) in [5.41, 5.74) is 5.10. The summed E-state index contributed by atoms with van der Waals surface area (Å²) in [4.78, 5) is 15.9. The molecule has 2 aromatic carbocycles. The maximum atomic E-state index is 13.7. The van der Waals surface area contributed by atoms with Gasteiger partial charge in [-0.15, -0.1) is 0 Å². The molecule has 1 heterocycles. The van der Waals surface area contributed by atoms with E-state index in [9.17, 15) is 18.9 Å². The van der Waals surface area contributed by atoms with Gasteiger partial charge in [0.25, 0.3) is 0 Å². The number of rotatable bonds is 11. The molecule has 0 saturated carbocycles. The molecule has 0 radical (unpaired) electrons. The van der Waals surface area contributed by atoms with Crippen molar-refractivity contribution >= 4 is 13.3 Å². The predicted octanol–water partition coefficient (Wildman–Crippen LogP) is 5.98. The molecule has 0 fully saturated rings. The molecule has 0 aliphatic rings. The molecule has 3 rings (SSSR count). The van der Waals surface area contributed by atoms with Gasteiger partial charge < -0.3 is 14.7 Å². The lowest BCUT2D eigenvalue weighted by Gasteiger charge is -2.22. The highest BCUT2D eigenvalue weighted by atomic mass is 31.2. The molecule has 8 heteroatoms. The van der Waals surface area contributed by atoms with Crippen LogP contribution in [0.2, 0.25) is 0 Å². The molecule has 0 spiro atoms. The topological polar surface area (TPSA) is 96.7 Å². The van der Waals surface area contributed by atoms with E-state index in [0.29, 0.717) is 6.42 Å². The Labute approximate surface area is 205 Å². The number of aliphatic hydroxyl groups is 1. The van der Waals surface area contributed by atoms with Crippen molar-refractivity contribution in [1.82, 2.24) is 4.98 Å². The summed E-state index contributed by atoms with van der Waals surface area (Å²) in [6.45, 7) is 4.06. The van der Waals surface area contributed by atoms with Crippen molar-refractivity contribution in [3.63, 3.8) is 0 Å². The summed E-state index contributed by atoms with van der Waals surface area (Å²) in [5, 5.41) is 19.0. The lowest BCUT2D eigenvalue weighted by molar-refractivity contribution is -0.138. The van der Waals surface area contributed by atoms with Gasteiger partial charge in [0.1, 0.15) is 5.82 Å². The fourth-order valence-corrected chi connectivity index (χ4v) is 5.95. The van der Waals surface area contributed by atoms with Crippen LogP contribution in [0.15, 0.2) is 60.7 Å². The van der Waals surface area contributed by atoms with Crippen LogP contribution in [0.25, 0.3) is 22.4 Å². The molecule has 0 amide bonds. The molecule has 2 unspecified atom stereocenters. The molecule has 6 nitrogen and oxygen atoms in total. The third kappa shape index (κ3) is 7.07.